The molecule has 0 heterocycles. The Hall–Kier alpha value is -7.02. The second-order valence-electron chi connectivity index (χ2n) is 43.8. The summed E-state index contributed by atoms with van der Waals surface area (Å²) in [4.78, 5) is 0. The molecule has 0 amide bonds. The van der Waals surface area contributed by atoms with Crippen molar-refractivity contribution in [3.8, 4) is 0 Å². The van der Waals surface area contributed by atoms with Crippen molar-refractivity contribution >= 4 is 0 Å². The predicted octanol–water partition coefficient (Wildman–Crippen LogP) is 33.7. The number of hydrogen-bond acceptors (Lipinski definition) is 0. The fourth-order valence-electron chi connectivity index (χ4n) is 23.6. The SMILES string of the molecule is CCc1cc(C2CCC(C(C)C3CC3)CC2)ccc1Cc1ccc(C)c(Cc2ccccc2C(C)(C)C)c1.CCc1cc(C2CCC(C3CCC(C)CC3)CC2)ccc1Cc1ccc(C)c(Cc2ccccc2C(C)(C)C(C)C)c1.CCc1cc(C2CCC(C3CCCC(C)CC3)CC2)ccc1Cc1ccc(C)c(Cc2ccccc2C(C)(C)C)c1. The molecule has 3 atom stereocenters. The Labute approximate surface area is 740 Å². The van der Waals surface area contributed by atoms with E-state index >= 15 is 0 Å². The van der Waals surface area contributed by atoms with Crippen LogP contribution < -0.4 is 0 Å². The monoisotopic (exact) mass is 1620 g/mol. The fraction of sp³-hybridized carbons (Fsp3) is 0.554. The molecule has 0 saturated heterocycles. The highest BCUT2D eigenvalue weighted by Crippen LogP contribution is 2.50. The molecule has 6 aliphatic carbocycles. The highest BCUT2D eigenvalue weighted by Gasteiger charge is 2.37. The van der Waals surface area contributed by atoms with Gasteiger partial charge in [-0.3, -0.25) is 0 Å². The molecule has 6 aliphatic rings. The van der Waals surface area contributed by atoms with Crippen molar-refractivity contribution in [2.45, 2.75) is 371 Å². The average molecular weight is 1620 g/mol. The van der Waals surface area contributed by atoms with Crippen molar-refractivity contribution in [2.75, 3.05) is 0 Å². The highest BCUT2D eigenvalue weighted by atomic mass is 14.4. The van der Waals surface area contributed by atoms with E-state index in [9.17, 15) is 0 Å². The summed E-state index contributed by atoms with van der Waals surface area (Å²) in [7, 11) is 0. The van der Waals surface area contributed by atoms with Gasteiger partial charge in [-0.05, 0) is 414 Å². The van der Waals surface area contributed by atoms with Crippen molar-refractivity contribution < 1.29 is 0 Å². The second-order valence-corrected chi connectivity index (χ2v) is 43.8. The molecular weight excluding hydrogens is 1450 g/mol. The lowest BCUT2D eigenvalue weighted by molar-refractivity contribution is 0.165. The highest BCUT2D eigenvalue weighted by molar-refractivity contribution is 5.48. The minimum atomic E-state index is 0.160. The molecule has 121 heavy (non-hydrogen) atoms. The van der Waals surface area contributed by atoms with Gasteiger partial charge in [-0.2, -0.15) is 0 Å². The van der Waals surface area contributed by atoms with Crippen LogP contribution in [0.15, 0.2) is 182 Å². The standard InChI is InChI=1S/C42H58.C41H56.C38H50/c1-8-33-27-38(36-21-19-35(20-22-36)34-17-13-30(4)14-18-34)24-23-37(33)25-32-16-15-31(5)40(26-32)28-39-11-9-10-12-41(39)42(6,7)29(2)3;1-7-32-27-37(35-21-19-34(20-22-35)33-13-10-11-29(2)15-18-33)24-23-36(32)25-31-17-16-30(3)39(26-31)28-38-12-8-9-14-40(38)41(4,5)6;1-7-29-24-34(32-18-16-31(17-19-32)27(3)30-14-15-30)21-20-33(29)22-28-13-12-26(2)36(23-28)25-35-10-8-9-11-37(35)38(4,5)6/h9-12,15-16,23-24,26-27,29-30,34-36H,8,13-14,17-22,25,28H2,1-7H3;8-9,12,14,16-17,23-24,26-27,29,33-35H,7,10-11,13,15,18-22,25,28H2,1-6H3;8-13,20-21,23-24,27,30-32H,7,14-19,22,25H2,1-6H3. The topological polar surface area (TPSA) is 0 Å². The van der Waals surface area contributed by atoms with Crippen molar-refractivity contribution in [1.82, 2.24) is 0 Å². The Morgan fingerprint density at radius 2 is 0.570 bits per heavy atom. The van der Waals surface area contributed by atoms with Crippen LogP contribution in [0.1, 0.15) is 410 Å². The smallest absolute Gasteiger partial charge is 0.00201 e. The lowest BCUT2D eigenvalue weighted by atomic mass is 9.68. The Bertz CT molecular complexity index is 4770. The van der Waals surface area contributed by atoms with Crippen LogP contribution in [0.5, 0.6) is 0 Å². The van der Waals surface area contributed by atoms with Gasteiger partial charge in [0.25, 0.3) is 0 Å². The maximum atomic E-state index is 2.59. The van der Waals surface area contributed by atoms with E-state index in [0.717, 1.165) is 129 Å². The first-order chi connectivity index (χ1) is 58.1. The van der Waals surface area contributed by atoms with Crippen LogP contribution in [-0.2, 0) is 74.0 Å². The summed E-state index contributed by atoms with van der Waals surface area (Å²) in [6.45, 7) is 44.8. The Morgan fingerprint density at radius 1 is 0.273 bits per heavy atom. The van der Waals surface area contributed by atoms with E-state index in [1.54, 1.807) is 33.4 Å². The van der Waals surface area contributed by atoms with Gasteiger partial charge in [-0.1, -0.05) is 331 Å². The zero-order valence-electron chi connectivity index (χ0n) is 80.0. The third kappa shape index (κ3) is 24.2. The molecule has 0 heteroatoms. The molecule has 15 rings (SSSR count). The average Bonchev–Trinajstić information content (AvgIpc) is 1.13. The van der Waals surface area contributed by atoms with E-state index in [4.69, 9.17) is 0 Å². The third-order valence-corrected chi connectivity index (χ3v) is 32.7. The van der Waals surface area contributed by atoms with Gasteiger partial charge in [0, 0.05) is 0 Å². The Kier molecular flexibility index (Phi) is 31.7. The maximum absolute atomic E-state index is 2.59. The van der Waals surface area contributed by atoms with Gasteiger partial charge in [-0.15, -0.1) is 0 Å². The maximum Gasteiger partial charge on any atom is -0.00201 e. The molecule has 0 spiro atoms. The quantitative estimate of drug-likeness (QED) is 0.0529. The van der Waals surface area contributed by atoms with Crippen LogP contribution in [0, 0.1) is 80.0 Å². The van der Waals surface area contributed by atoms with Crippen LogP contribution in [0.3, 0.4) is 0 Å². The van der Waals surface area contributed by atoms with Gasteiger partial charge >= 0.3 is 0 Å². The molecule has 9 aromatic carbocycles. The fourth-order valence-corrected chi connectivity index (χ4v) is 23.6. The molecule has 6 fully saturated rings. The van der Waals surface area contributed by atoms with Gasteiger partial charge in [0.1, 0.15) is 0 Å². The van der Waals surface area contributed by atoms with E-state index < -0.39 is 0 Å². The van der Waals surface area contributed by atoms with E-state index in [1.165, 1.54) is 248 Å². The van der Waals surface area contributed by atoms with Crippen molar-refractivity contribution in [3.05, 3.63) is 316 Å². The first-order valence-corrected chi connectivity index (χ1v) is 49.9. The van der Waals surface area contributed by atoms with Gasteiger partial charge in [-0.25, -0.2) is 0 Å². The Morgan fingerprint density at radius 3 is 0.901 bits per heavy atom. The zero-order valence-corrected chi connectivity index (χ0v) is 80.0. The molecule has 0 nitrogen and oxygen atoms in total. The summed E-state index contributed by atoms with van der Waals surface area (Å²) < 4.78 is 0. The van der Waals surface area contributed by atoms with E-state index in [-0.39, 0.29) is 16.2 Å². The molecular formula is C121H164. The van der Waals surface area contributed by atoms with Gasteiger partial charge in [0.2, 0.25) is 0 Å². The summed E-state index contributed by atoms with van der Waals surface area (Å²) in [5.74, 6) is 11.8. The summed E-state index contributed by atoms with van der Waals surface area (Å²) >= 11 is 0. The first-order valence-electron chi connectivity index (χ1n) is 49.9. The summed E-state index contributed by atoms with van der Waals surface area (Å²) in [6.07, 6.45) is 42.9. The normalized spacial score (nSPS) is 22.7. The number of rotatable bonds is 24. The van der Waals surface area contributed by atoms with E-state index in [2.05, 4.69) is 314 Å². The lowest BCUT2D eigenvalue weighted by Gasteiger charge is -2.37. The molecule has 9 aromatic rings. The molecule has 0 bridgehead atoms. The van der Waals surface area contributed by atoms with Gasteiger partial charge < -0.3 is 0 Å². The summed E-state index contributed by atoms with van der Waals surface area (Å²) in [6, 6.07) is 71.3. The van der Waals surface area contributed by atoms with Crippen molar-refractivity contribution in [1.29, 1.82) is 0 Å². The van der Waals surface area contributed by atoms with Crippen LogP contribution in [-0.4, -0.2) is 0 Å². The molecule has 0 aliphatic heterocycles. The summed E-state index contributed by atoms with van der Waals surface area (Å²) in [5, 5.41) is 0. The van der Waals surface area contributed by atoms with E-state index in [1.807, 2.05) is 0 Å². The molecule has 0 N–H and O–H groups in total. The minimum Gasteiger partial charge on any atom is -0.0625 e. The molecule has 3 unspecified atom stereocenters. The third-order valence-electron chi connectivity index (χ3n) is 32.7. The van der Waals surface area contributed by atoms with Crippen molar-refractivity contribution in [3.63, 3.8) is 0 Å². The molecule has 0 radical (unpaired) electrons. The van der Waals surface area contributed by atoms with Crippen LogP contribution >= 0.6 is 0 Å². The van der Waals surface area contributed by atoms with E-state index in [0.29, 0.717) is 5.92 Å². The zero-order chi connectivity index (χ0) is 85.7. The number of aryl methyl sites for hydroxylation is 6. The Balaban J connectivity index is 0.000000157. The molecule has 648 valence electrons. The van der Waals surface area contributed by atoms with Crippen LogP contribution in [0.4, 0.5) is 0 Å². The number of hydrogen-bond donors (Lipinski definition) is 0. The van der Waals surface area contributed by atoms with Crippen LogP contribution in [0.25, 0.3) is 0 Å². The van der Waals surface area contributed by atoms with Crippen LogP contribution in [0.2, 0.25) is 0 Å². The molecule has 6 saturated carbocycles. The molecule has 0 aromatic heterocycles. The summed E-state index contributed by atoms with van der Waals surface area (Å²) in [5.41, 5.74) is 36.3. The van der Waals surface area contributed by atoms with Crippen molar-refractivity contribution in [2.24, 2.45) is 59.2 Å². The predicted molar refractivity (Wildman–Crippen MR) is 525 cm³/mol. The van der Waals surface area contributed by atoms with Gasteiger partial charge in [0.15, 0.2) is 0 Å². The second kappa shape index (κ2) is 41.9. The largest absolute Gasteiger partial charge is 0.0625 e. The number of benzene rings is 9. The minimum absolute atomic E-state index is 0.160. The van der Waals surface area contributed by atoms with Gasteiger partial charge in [0.05, 0.1) is 0 Å². The lowest BCUT2D eigenvalue weighted by Crippen LogP contribution is -2.26. The first kappa shape index (κ1) is 91.7.